The van der Waals surface area contributed by atoms with Gasteiger partial charge in [-0.25, -0.2) is 4.79 Å². The molecule has 5 nitrogen and oxygen atoms in total. The van der Waals surface area contributed by atoms with Gasteiger partial charge in [0.05, 0.1) is 13.1 Å². The van der Waals surface area contributed by atoms with Crippen LogP contribution in [-0.4, -0.2) is 57.0 Å². The lowest BCUT2D eigenvalue weighted by Crippen LogP contribution is -2.39. The summed E-state index contributed by atoms with van der Waals surface area (Å²) in [6, 6.07) is -0.0471. The minimum Gasteiger partial charge on any atom is -0.377 e. The Morgan fingerprint density at radius 1 is 1.36 bits per heavy atom. The molecule has 0 aromatic heterocycles. The number of hydrogen-bond acceptors (Lipinski definition) is 3. The van der Waals surface area contributed by atoms with Gasteiger partial charge in [-0.1, -0.05) is 0 Å². The van der Waals surface area contributed by atoms with Crippen LogP contribution in [0.2, 0.25) is 0 Å². The maximum atomic E-state index is 11.5. The van der Waals surface area contributed by atoms with Gasteiger partial charge in [-0.2, -0.15) is 0 Å². The minimum atomic E-state index is -0.0471. The predicted molar refractivity (Wildman–Crippen MR) is 52.2 cm³/mol. The summed E-state index contributed by atoms with van der Waals surface area (Å²) in [5.41, 5.74) is 0. The number of nitrogens with one attached hydrogen (secondary N) is 1. The molecule has 0 aromatic carbocycles. The number of rotatable bonds is 3. The first kappa shape index (κ1) is 11.3. The third-order valence-electron chi connectivity index (χ3n) is 2.44. The summed E-state index contributed by atoms with van der Waals surface area (Å²) in [6.07, 6.45) is -0.0230. The summed E-state index contributed by atoms with van der Waals surface area (Å²) in [6.45, 7) is 3.74. The summed E-state index contributed by atoms with van der Waals surface area (Å²) < 4.78 is 10.5. The van der Waals surface area contributed by atoms with Crippen molar-refractivity contribution >= 4 is 6.03 Å². The van der Waals surface area contributed by atoms with Crippen LogP contribution in [0.25, 0.3) is 0 Å². The highest BCUT2D eigenvalue weighted by atomic mass is 16.5. The predicted octanol–water partition coefficient (Wildman–Crippen LogP) is 0.0615. The van der Waals surface area contributed by atoms with Crippen molar-refractivity contribution in [2.45, 2.75) is 19.1 Å². The second-order valence-electron chi connectivity index (χ2n) is 3.29. The highest BCUT2D eigenvalue weighted by Gasteiger charge is 2.35. The summed E-state index contributed by atoms with van der Waals surface area (Å²) in [4.78, 5) is 13.2. The molecule has 0 aliphatic carbocycles. The van der Waals surface area contributed by atoms with Crippen molar-refractivity contribution < 1.29 is 14.3 Å². The normalized spacial score (nSPS) is 26.6. The molecule has 1 saturated heterocycles. The Morgan fingerprint density at radius 2 is 1.86 bits per heavy atom. The third-order valence-corrected chi connectivity index (χ3v) is 2.44. The van der Waals surface area contributed by atoms with Crippen LogP contribution in [-0.2, 0) is 9.47 Å². The van der Waals surface area contributed by atoms with E-state index in [1.165, 1.54) is 0 Å². The topological polar surface area (TPSA) is 50.8 Å². The summed E-state index contributed by atoms with van der Waals surface area (Å²) in [5, 5.41) is 2.75. The van der Waals surface area contributed by atoms with E-state index in [1.54, 1.807) is 19.1 Å². The fraction of sp³-hybridized carbons (Fsp3) is 0.889. The van der Waals surface area contributed by atoms with Crippen LogP contribution in [0.3, 0.4) is 0 Å². The number of carbonyl (C=O) groups is 1. The van der Waals surface area contributed by atoms with E-state index >= 15 is 0 Å². The Hall–Kier alpha value is -0.810. The average molecular weight is 202 g/mol. The molecule has 2 amide bonds. The lowest BCUT2D eigenvalue weighted by Gasteiger charge is -2.15. The third kappa shape index (κ3) is 2.36. The van der Waals surface area contributed by atoms with Crippen LogP contribution < -0.4 is 5.32 Å². The molecule has 1 heterocycles. The van der Waals surface area contributed by atoms with E-state index in [0.717, 1.165) is 0 Å². The van der Waals surface area contributed by atoms with Gasteiger partial charge in [0.25, 0.3) is 0 Å². The van der Waals surface area contributed by atoms with Crippen molar-refractivity contribution in [2.75, 3.05) is 33.9 Å². The Kier molecular flexibility index (Phi) is 4.16. The van der Waals surface area contributed by atoms with Gasteiger partial charge in [0.15, 0.2) is 0 Å². The maximum absolute atomic E-state index is 11.5. The molecule has 2 atom stereocenters. The molecular weight excluding hydrogens is 184 g/mol. The molecule has 2 unspecified atom stereocenters. The molecule has 0 spiro atoms. The van der Waals surface area contributed by atoms with E-state index in [4.69, 9.17) is 9.47 Å². The minimum absolute atomic E-state index is 0.0115. The van der Waals surface area contributed by atoms with Crippen LogP contribution >= 0.6 is 0 Å². The standard InChI is InChI=1S/C9H18N2O3/c1-4-10-9(12)11-5-7(13-2)8(6-11)14-3/h7-8H,4-6H2,1-3H3,(H,10,12). The lowest BCUT2D eigenvalue weighted by atomic mass is 10.3. The fourth-order valence-corrected chi connectivity index (χ4v) is 1.63. The Labute approximate surface area is 84.4 Å². The summed E-state index contributed by atoms with van der Waals surface area (Å²) >= 11 is 0. The average Bonchev–Trinajstić information content (AvgIpc) is 2.61. The van der Waals surface area contributed by atoms with Crippen molar-refractivity contribution in [3.05, 3.63) is 0 Å². The zero-order valence-electron chi connectivity index (χ0n) is 8.95. The van der Waals surface area contributed by atoms with Crippen molar-refractivity contribution in [1.82, 2.24) is 10.2 Å². The SMILES string of the molecule is CCNC(=O)N1CC(OC)C(OC)C1. The van der Waals surface area contributed by atoms with Crippen LogP contribution in [0, 0.1) is 0 Å². The molecule has 1 fully saturated rings. The van der Waals surface area contributed by atoms with Gasteiger partial charge < -0.3 is 19.7 Å². The van der Waals surface area contributed by atoms with E-state index in [-0.39, 0.29) is 18.2 Å². The fourth-order valence-electron chi connectivity index (χ4n) is 1.63. The molecule has 0 aromatic rings. The number of ether oxygens (including phenoxy) is 2. The van der Waals surface area contributed by atoms with Crippen LogP contribution in [0.1, 0.15) is 6.92 Å². The molecule has 1 aliphatic heterocycles. The molecular formula is C9H18N2O3. The molecule has 82 valence electrons. The number of urea groups is 1. The first-order valence-corrected chi connectivity index (χ1v) is 4.81. The van der Waals surface area contributed by atoms with E-state index in [2.05, 4.69) is 5.32 Å². The number of carbonyl (C=O) groups excluding carboxylic acids is 1. The zero-order valence-corrected chi connectivity index (χ0v) is 8.95. The molecule has 14 heavy (non-hydrogen) atoms. The van der Waals surface area contributed by atoms with Gasteiger partial charge in [-0.15, -0.1) is 0 Å². The Bertz CT molecular complexity index is 186. The molecule has 0 radical (unpaired) electrons. The van der Waals surface area contributed by atoms with Gasteiger partial charge in [-0.3, -0.25) is 0 Å². The highest BCUT2D eigenvalue weighted by Crippen LogP contribution is 2.15. The quantitative estimate of drug-likeness (QED) is 0.704. The van der Waals surface area contributed by atoms with Crippen LogP contribution in [0.4, 0.5) is 4.79 Å². The molecule has 0 bridgehead atoms. The van der Waals surface area contributed by atoms with Gasteiger partial charge in [-0.05, 0) is 6.92 Å². The zero-order chi connectivity index (χ0) is 10.6. The van der Waals surface area contributed by atoms with E-state index in [1.807, 2.05) is 6.92 Å². The van der Waals surface area contributed by atoms with Gasteiger partial charge in [0.2, 0.25) is 0 Å². The molecule has 5 heteroatoms. The molecule has 1 aliphatic rings. The van der Waals surface area contributed by atoms with Crippen molar-refractivity contribution in [1.29, 1.82) is 0 Å². The van der Waals surface area contributed by atoms with Crippen molar-refractivity contribution in [3.63, 3.8) is 0 Å². The number of nitrogens with zero attached hydrogens (tertiary/aromatic N) is 1. The monoisotopic (exact) mass is 202 g/mol. The molecule has 0 saturated carbocycles. The lowest BCUT2D eigenvalue weighted by molar-refractivity contribution is -0.00461. The number of hydrogen-bond donors (Lipinski definition) is 1. The largest absolute Gasteiger partial charge is 0.377 e. The van der Waals surface area contributed by atoms with Gasteiger partial charge in [0, 0.05) is 20.8 Å². The van der Waals surface area contributed by atoms with Crippen LogP contribution in [0.15, 0.2) is 0 Å². The number of amides is 2. The first-order valence-electron chi connectivity index (χ1n) is 4.81. The first-order chi connectivity index (χ1) is 6.72. The highest BCUT2D eigenvalue weighted by molar-refractivity contribution is 5.74. The Morgan fingerprint density at radius 3 is 2.21 bits per heavy atom. The van der Waals surface area contributed by atoms with Crippen molar-refractivity contribution in [2.24, 2.45) is 0 Å². The second kappa shape index (κ2) is 5.17. The van der Waals surface area contributed by atoms with Crippen LogP contribution in [0.5, 0.6) is 0 Å². The smallest absolute Gasteiger partial charge is 0.317 e. The maximum Gasteiger partial charge on any atom is 0.317 e. The number of likely N-dealkylation sites (tertiary alicyclic amines) is 1. The molecule has 1 N–H and O–H groups in total. The Balaban J connectivity index is 2.48. The second-order valence-corrected chi connectivity index (χ2v) is 3.29. The van der Waals surface area contributed by atoms with E-state index in [0.29, 0.717) is 19.6 Å². The molecule has 1 rings (SSSR count). The van der Waals surface area contributed by atoms with E-state index < -0.39 is 0 Å². The van der Waals surface area contributed by atoms with Gasteiger partial charge >= 0.3 is 6.03 Å². The summed E-state index contributed by atoms with van der Waals surface area (Å²) in [7, 11) is 3.27. The van der Waals surface area contributed by atoms with E-state index in [9.17, 15) is 4.79 Å². The van der Waals surface area contributed by atoms with Gasteiger partial charge in [0.1, 0.15) is 12.2 Å². The number of methoxy groups -OCH3 is 2. The van der Waals surface area contributed by atoms with Crippen molar-refractivity contribution in [3.8, 4) is 0 Å². The summed E-state index contributed by atoms with van der Waals surface area (Å²) in [5.74, 6) is 0.